The number of benzene rings is 1. The highest BCUT2D eigenvalue weighted by Gasteiger charge is 2.54. The van der Waals surface area contributed by atoms with Crippen molar-refractivity contribution in [1.82, 2.24) is 0 Å². The summed E-state index contributed by atoms with van der Waals surface area (Å²) in [6, 6.07) is 6.32. The third-order valence-corrected chi connectivity index (χ3v) is 5.11. The van der Waals surface area contributed by atoms with E-state index >= 15 is 0 Å². The van der Waals surface area contributed by atoms with Gasteiger partial charge in [-0.15, -0.1) is 0 Å². The molecule has 23 heavy (non-hydrogen) atoms. The lowest BCUT2D eigenvalue weighted by Gasteiger charge is -2.22. The van der Waals surface area contributed by atoms with Gasteiger partial charge in [-0.25, -0.2) is 0 Å². The Labute approximate surface area is 135 Å². The standard InChI is InChI=1S/C15H20O7S/c1-9-4-6-10(7-5-9)23(17,18)19-8-11-12(16)13-14(20-11)22-15(2,3)21-13/h4-7,11-14,16H,8H2,1-3H3/t11-,12-,13-,14+/m1/s1. The number of aliphatic hydroxyl groups excluding tert-OH is 1. The van der Waals surface area contributed by atoms with E-state index in [4.69, 9.17) is 18.4 Å². The van der Waals surface area contributed by atoms with Gasteiger partial charge in [-0.05, 0) is 32.9 Å². The van der Waals surface area contributed by atoms with E-state index in [1.54, 1.807) is 26.0 Å². The van der Waals surface area contributed by atoms with Gasteiger partial charge in [0.2, 0.25) is 0 Å². The monoisotopic (exact) mass is 344 g/mol. The molecular weight excluding hydrogens is 324 g/mol. The predicted octanol–water partition coefficient (Wildman–Crippen LogP) is 0.938. The lowest BCUT2D eigenvalue weighted by Crippen LogP contribution is -2.37. The van der Waals surface area contributed by atoms with Gasteiger partial charge in [0.15, 0.2) is 12.1 Å². The number of aryl methyl sites for hydroxylation is 1. The summed E-state index contributed by atoms with van der Waals surface area (Å²) < 4.78 is 45.8. The van der Waals surface area contributed by atoms with Crippen LogP contribution in [-0.2, 0) is 28.5 Å². The van der Waals surface area contributed by atoms with E-state index in [2.05, 4.69) is 0 Å². The fourth-order valence-electron chi connectivity index (χ4n) is 2.63. The molecule has 0 amide bonds. The molecule has 3 rings (SSSR count). The van der Waals surface area contributed by atoms with Gasteiger partial charge in [-0.1, -0.05) is 17.7 Å². The average Bonchev–Trinajstić information content (AvgIpc) is 2.91. The summed E-state index contributed by atoms with van der Waals surface area (Å²) in [4.78, 5) is 0.0596. The molecule has 1 N–H and O–H groups in total. The lowest BCUT2D eigenvalue weighted by molar-refractivity contribution is -0.217. The molecule has 0 aromatic heterocycles. The number of ether oxygens (including phenoxy) is 3. The molecule has 0 aliphatic carbocycles. The van der Waals surface area contributed by atoms with Crippen LogP contribution in [0.5, 0.6) is 0 Å². The molecule has 7 nitrogen and oxygen atoms in total. The molecule has 2 fully saturated rings. The SMILES string of the molecule is Cc1ccc(S(=O)(=O)OC[C@H]2O[C@H]3OC(C)(C)O[C@@H]3[C@@H]2O)cc1. The van der Waals surface area contributed by atoms with Crippen molar-refractivity contribution in [2.24, 2.45) is 0 Å². The molecule has 0 spiro atoms. The zero-order valence-corrected chi connectivity index (χ0v) is 13.9. The molecule has 1 aromatic rings. The quantitative estimate of drug-likeness (QED) is 0.813. The minimum absolute atomic E-state index is 0.0596. The maximum Gasteiger partial charge on any atom is 0.297 e. The van der Waals surface area contributed by atoms with Crippen LogP contribution in [0.15, 0.2) is 29.2 Å². The average molecular weight is 344 g/mol. The van der Waals surface area contributed by atoms with E-state index in [0.29, 0.717) is 0 Å². The highest BCUT2D eigenvalue weighted by molar-refractivity contribution is 7.86. The van der Waals surface area contributed by atoms with Crippen molar-refractivity contribution >= 4 is 10.1 Å². The summed E-state index contributed by atoms with van der Waals surface area (Å²) >= 11 is 0. The third kappa shape index (κ3) is 3.42. The fourth-order valence-corrected chi connectivity index (χ4v) is 3.54. The largest absolute Gasteiger partial charge is 0.387 e. The molecule has 0 saturated carbocycles. The van der Waals surface area contributed by atoms with Crippen LogP contribution < -0.4 is 0 Å². The Bertz CT molecular complexity index is 668. The summed E-state index contributed by atoms with van der Waals surface area (Å²) in [5, 5.41) is 10.2. The van der Waals surface area contributed by atoms with Crippen LogP contribution in [0.2, 0.25) is 0 Å². The molecule has 2 aliphatic rings. The Morgan fingerprint density at radius 3 is 2.48 bits per heavy atom. The molecule has 4 atom stereocenters. The van der Waals surface area contributed by atoms with Crippen molar-refractivity contribution in [2.45, 2.75) is 56.1 Å². The molecule has 2 saturated heterocycles. The minimum atomic E-state index is -3.91. The van der Waals surface area contributed by atoms with Crippen molar-refractivity contribution in [3.63, 3.8) is 0 Å². The smallest absolute Gasteiger partial charge is 0.297 e. The second-order valence-corrected chi connectivity index (χ2v) is 7.80. The predicted molar refractivity (Wildman–Crippen MR) is 79.0 cm³/mol. The van der Waals surface area contributed by atoms with Crippen molar-refractivity contribution in [3.05, 3.63) is 29.8 Å². The van der Waals surface area contributed by atoms with Crippen molar-refractivity contribution in [3.8, 4) is 0 Å². The van der Waals surface area contributed by atoms with Gasteiger partial charge in [0.1, 0.15) is 18.3 Å². The van der Waals surface area contributed by atoms with Gasteiger partial charge in [0, 0.05) is 0 Å². The Morgan fingerprint density at radius 2 is 1.87 bits per heavy atom. The summed E-state index contributed by atoms with van der Waals surface area (Å²) in [7, 11) is -3.91. The van der Waals surface area contributed by atoms with E-state index < -0.39 is 40.5 Å². The maximum atomic E-state index is 12.1. The zero-order chi connectivity index (χ0) is 16.8. The molecular formula is C15H20O7S. The van der Waals surface area contributed by atoms with Crippen LogP contribution in [0.1, 0.15) is 19.4 Å². The first-order valence-electron chi connectivity index (χ1n) is 7.33. The number of fused-ring (bicyclic) bond motifs is 1. The summed E-state index contributed by atoms with van der Waals surface area (Å²) in [5.74, 6) is -0.837. The number of hydrogen-bond acceptors (Lipinski definition) is 7. The zero-order valence-electron chi connectivity index (χ0n) is 13.1. The van der Waals surface area contributed by atoms with E-state index in [0.717, 1.165) is 5.56 Å². The third-order valence-electron chi connectivity index (χ3n) is 3.81. The first kappa shape index (κ1) is 16.8. The molecule has 1 aromatic carbocycles. The highest BCUT2D eigenvalue weighted by Crippen LogP contribution is 2.37. The molecule has 128 valence electrons. The van der Waals surface area contributed by atoms with Crippen LogP contribution in [0.25, 0.3) is 0 Å². The Hall–Kier alpha value is -1.03. The first-order valence-corrected chi connectivity index (χ1v) is 8.74. The molecule has 0 radical (unpaired) electrons. The summed E-state index contributed by atoms with van der Waals surface area (Å²) in [6.07, 6.45) is -3.23. The van der Waals surface area contributed by atoms with Gasteiger partial charge >= 0.3 is 0 Å². The fraction of sp³-hybridized carbons (Fsp3) is 0.600. The molecule has 2 aliphatic heterocycles. The summed E-state index contributed by atoms with van der Waals surface area (Å²) in [6.45, 7) is 4.99. The van der Waals surface area contributed by atoms with Gasteiger partial charge in [-0.2, -0.15) is 8.42 Å². The molecule has 0 unspecified atom stereocenters. The second-order valence-electron chi connectivity index (χ2n) is 6.19. The van der Waals surface area contributed by atoms with Crippen LogP contribution in [0.4, 0.5) is 0 Å². The maximum absolute atomic E-state index is 12.1. The van der Waals surface area contributed by atoms with E-state index in [9.17, 15) is 13.5 Å². The van der Waals surface area contributed by atoms with Gasteiger partial charge in [-0.3, -0.25) is 4.18 Å². The topological polar surface area (TPSA) is 91.3 Å². The van der Waals surface area contributed by atoms with E-state index in [-0.39, 0.29) is 11.5 Å². The lowest BCUT2D eigenvalue weighted by atomic mass is 10.1. The van der Waals surface area contributed by atoms with Gasteiger partial charge in [0.05, 0.1) is 11.5 Å². The van der Waals surface area contributed by atoms with Crippen LogP contribution in [-0.4, -0.2) is 50.5 Å². The molecule has 8 heteroatoms. The summed E-state index contributed by atoms with van der Waals surface area (Å²) in [5.41, 5.74) is 0.947. The first-order chi connectivity index (χ1) is 10.7. The van der Waals surface area contributed by atoms with E-state index in [1.807, 2.05) is 6.92 Å². The number of hydrogen-bond donors (Lipinski definition) is 1. The van der Waals surface area contributed by atoms with E-state index in [1.165, 1.54) is 12.1 Å². The van der Waals surface area contributed by atoms with Crippen LogP contribution in [0, 0.1) is 6.92 Å². The normalized spacial score (nSPS) is 32.9. The Kier molecular flexibility index (Phi) is 4.24. The van der Waals surface area contributed by atoms with Crippen molar-refractivity contribution in [1.29, 1.82) is 0 Å². The number of aliphatic hydroxyl groups is 1. The minimum Gasteiger partial charge on any atom is -0.387 e. The second kappa shape index (κ2) is 5.80. The molecule has 2 heterocycles. The molecule has 0 bridgehead atoms. The number of rotatable bonds is 4. The van der Waals surface area contributed by atoms with Crippen molar-refractivity contribution in [2.75, 3.05) is 6.61 Å². The highest BCUT2D eigenvalue weighted by atomic mass is 32.2. The Morgan fingerprint density at radius 1 is 1.22 bits per heavy atom. The Balaban J connectivity index is 1.62. The van der Waals surface area contributed by atoms with Crippen LogP contribution in [0.3, 0.4) is 0 Å². The van der Waals surface area contributed by atoms with Gasteiger partial charge in [0.25, 0.3) is 10.1 Å². The van der Waals surface area contributed by atoms with Gasteiger partial charge < -0.3 is 19.3 Å². The van der Waals surface area contributed by atoms with Crippen molar-refractivity contribution < 1.29 is 31.9 Å². The van der Waals surface area contributed by atoms with Crippen LogP contribution >= 0.6 is 0 Å².